The minimum atomic E-state index is 0.498. The molecule has 4 aromatic rings. The number of hydrogen-bond acceptors (Lipinski definition) is 3. The van der Waals surface area contributed by atoms with Gasteiger partial charge in [-0.25, -0.2) is 9.97 Å². The van der Waals surface area contributed by atoms with Crippen molar-refractivity contribution in [1.29, 1.82) is 0 Å². The number of rotatable bonds is 3. The predicted molar refractivity (Wildman–Crippen MR) is 131 cm³/mol. The van der Waals surface area contributed by atoms with Gasteiger partial charge in [-0.1, -0.05) is 49.4 Å². The highest BCUT2D eigenvalue weighted by molar-refractivity contribution is 5.77. The van der Waals surface area contributed by atoms with Crippen LogP contribution in [0.4, 0.5) is 5.82 Å². The fourth-order valence-corrected chi connectivity index (χ4v) is 4.42. The molecule has 3 heterocycles. The monoisotopic (exact) mass is 420 g/mol. The quantitative estimate of drug-likeness (QED) is 0.404. The van der Waals surface area contributed by atoms with Gasteiger partial charge in [0.15, 0.2) is 0 Å². The van der Waals surface area contributed by atoms with Gasteiger partial charge < -0.3 is 5.32 Å². The van der Waals surface area contributed by atoms with E-state index in [9.17, 15) is 0 Å². The van der Waals surface area contributed by atoms with Gasteiger partial charge in [-0.05, 0) is 68.5 Å². The smallest absolute Gasteiger partial charge is 0.139 e. The van der Waals surface area contributed by atoms with Crippen molar-refractivity contribution in [2.24, 2.45) is 0 Å². The van der Waals surface area contributed by atoms with Crippen LogP contribution in [0.5, 0.6) is 0 Å². The molecule has 1 aliphatic rings. The van der Waals surface area contributed by atoms with Crippen molar-refractivity contribution in [2.75, 3.05) is 5.32 Å². The molecule has 5 rings (SSSR count). The summed E-state index contributed by atoms with van der Waals surface area (Å²) in [4.78, 5) is 9.49. The molecular weight excluding hydrogens is 392 g/mol. The van der Waals surface area contributed by atoms with E-state index in [4.69, 9.17) is 4.98 Å². The van der Waals surface area contributed by atoms with E-state index in [2.05, 4.69) is 70.0 Å². The lowest BCUT2D eigenvalue weighted by Gasteiger charge is -2.24. The first-order valence-corrected chi connectivity index (χ1v) is 11.5. The second kappa shape index (κ2) is 8.88. The Labute approximate surface area is 189 Å². The SMILES string of the molecule is Cc1ccc2nc(-c3cccc(C#Cc4cccc(C)n4)c3)c(NC3CCCCC3)n2c1. The second-order valence-electron chi connectivity index (χ2n) is 8.72. The molecule has 0 aliphatic heterocycles. The Morgan fingerprint density at radius 1 is 0.906 bits per heavy atom. The van der Waals surface area contributed by atoms with Crippen LogP contribution >= 0.6 is 0 Å². The van der Waals surface area contributed by atoms with E-state index in [0.29, 0.717) is 6.04 Å². The summed E-state index contributed by atoms with van der Waals surface area (Å²) >= 11 is 0. The molecule has 0 radical (unpaired) electrons. The van der Waals surface area contributed by atoms with Crippen LogP contribution in [0.2, 0.25) is 0 Å². The number of fused-ring (bicyclic) bond motifs is 1. The summed E-state index contributed by atoms with van der Waals surface area (Å²) in [5.74, 6) is 7.55. The van der Waals surface area contributed by atoms with Crippen molar-refractivity contribution in [2.45, 2.75) is 52.0 Å². The third-order valence-electron chi connectivity index (χ3n) is 6.07. The molecule has 1 saturated carbocycles. The van der Waals surface area contributed by atoms with Gasteiger partial charge in [0.2, 0.25) is 0 Å². The van der Waals surface area contributed by atoms with Crippen molar-refractivity contribution in [3.63, 3.8) is 0 Å². The largest absolute Gasteiger partial charge is 0.367 e. The number of benzene rings is 1. The van der Waals surface area contributed by atoms with Crippen LogP contribution in [-0.2, 0) is 0 Å². The molecule has 0 saturated heterocycles. The standard InChI is InChI=1S/C28H28N4/c1-20-14-17-26-31-27(28(32(26)19-20)30-24-11-4-3-5-12-24)23-10-7-9-22(18-23)15-16-25-13-6-8-21(2)29-25/h6-10,13-14,17-19,24,30H,3-5,11-12H2,1-2H3. The molecule has 32 heavy (non-hydrogen) atoms. The van der Waals surface area contributed by atoms with Gasteiger partial charge in [0.1, 0.15) is 22.9 Å². The molecule has 1 fully saturated rings. The van der Waals surface area contributed by atoms with Gasteiger partial charge in [-0.2, -0.15) is 0 Å². The number of hydrogen-bond donors (Lipinski definition) is 1. The fraction of sp³-hybridized carbons (Fsp3) is 0.286. The molecular formula is C28H28N4. The van der Waals surface area contributed by atoms with E-state index in [0.717, 1.165) is 39.7 Å². The van der Waals surface area contributed by atoms with Gasteiger partial charge in [-0.3, -0.25) is 4.40 Å². The topological polar surface area (TPSA) is 42.2 Å². The Morgan fingerprint density at radius 2 is 1.75 bits per heavy atom. The van der Waals surface area contributed by atoms with E-state index in [1.54, 1.807) is 0 Å². The van der Waals surface area contributed by atoms with Crippen molar-refractivity contribution in [3.8, 4) is 23.1 Å². The number of aryl methyl sites for hydroxylation is 2. The van der Waals surface area contributed by atoms with Crippen molar-refractivity contribution >= 4 is 11.5 Å². The first-order chi connectivity index (χ1) is 15.7. The predicted octanol–water partition coefficient (Wildman–Crippen LogP) is 6.16. The average Bonchev–Trinajstić information content (AvgIpc) is 3.16. The number of imidazole rings is 1. The zero-order valence-corrected chi connectivity index (χ0v) is 18.7. The number of pyridine rings is 2. The third-order valence-corrected chi connectivity index (χ3v) is 6.07. The van der Waals surface area contributed by atoms with Crippen LogP contribution in [0, 0.1) is 25.7 Å². The van der Waals surface area contributed by atoms with E-state index >= 15 is 0 Å². The summed E-state index contributed by atoms with van der Waals surface area (Å²) in [6.07, 6.45) is 8.53. The Morgan fingerprint density at radius 3 is 2.59 bits per heavy atom. The number of anilines is 1. The lowest BCUT2D eigenvalue weighted by atomic mass is 9.95. The van der Waals surface area contributed by atoms with Gasteiger partial charge >= 0.3 is 0 Å². The van der Waals surface area contributed by atoms with Gasteiger partial charge in [0.25, 0.3) is 0 Å². The highest BCUT2D eigenvalue weighted by Crippen LogP contribution is 2.32. The molecule has 4 heteroatoms. The van der Waals surface area contributed by atoms with E-state index < -0.39 is 0 Å². The molecule has 0 spiro atoms. The average molecular weight is 421 g/mol. The number of nitrogens with one attached hydrogen (secondary N) is 1. The Kier molecular flexibility index (Phi) is 5.64. The molecule has 0 amide bonds. The molecule has 3 aromatic heterocycles. The lowest BCUT2D eigenvalue weighted by Crippen LogP contribution is -2.23. The first-order valence-electron chi connectivity index (χ1n) is 11.5. The van der Waals surface area contributed by atoms with Crippen LogP contribution in [0.25, 0.3) is 16.9 Å². The summed E-state index contributed by atoms with van der Waals surface area (Å²) in [7, 11) is 0. The number of aromatic nitrogens is 3. The maximum atomic E-state index is 5.00. The molecule has 0 bridgehead atoms. The minimum absolute atomic E-state index is 0.498. The van der Waals surface area contributed by atoms with E-state index in [1.807, 2.05) is 31.2 Å². The van der Waals surface area contributed by atoms with Crippen LogP contribution in [-0.4, -0.2) is 20.4 Å². The molecule has 4 nitrogen and oxygen atoms in total. The zero-order chi connectivity index (χ0) is 21.9. The zero-order valence-electron chi connectivity index (χ0n) is 18.7. The molecule has 160 valence electrons. The molecule has 1 aromatic carbocycles. The van der Waals surface area contributed by atoms with Crippen LogP contribution in [0.15, 0.2) is 60.8 Å². The summed E-state index contributed by atoms with van der Waals surface area (Å²) in [5.41, 5.74) is 6.97. The fourth-order valence-electron chi connectivity index (χ4n) is 4.42. The van der Waals surface area contributed by atoms with E-state index in [-0.39, 0.29) is 0 Å². The van der Waals surface area contributed by atoms with Gasteiger partial charge in [0, 0.05) is 29.1 Å². The lowest BCUT2D eigenvalue weighted by molar-refractivity contribution is 0.462. The molecule has 0 atom stereocenters. The highest BCUT2D eigenvalue weighted by Gasteiger charge is 2.19. The van der Waals surface area contributed by atoms with Crippen molar-refractivity contribution < 1.29 is 0 Å². The maximum absolute atomic E-state index is 5.00. The highest BCUT2D eigenvalue weighted by atomic mass is 15.1. The summed E-state index contributed by atoms with van der Waals surface area (Å²) in [6.45, 7) is 4.11. The first kappa shape index (κ1) is 20.3. The minimum Gasteiger partial charge on any atom is -0.367 e. The van der Waals surface area contributed by atoms with Crippen LogP contribution in [0.1, 0.15) is 54.6 Å². The second-order valence-corrected chi connectivity index (χ2v) is 8.72. The van der Waals surface area contributed by atoms with Gasteiger partial charge in [-0.15, -0.1) is 0 Å². The Bertz CT molecular complexity index is 1320. The van der Waals surface area contributed by atoms with Crippen molar-refractivity contribution in [3.05, 3.63) is 83.3 Å². The molecule has 1 aliphatic carbocycles. The van der Waals surface area contributed by atoms with E-state index in [1.165, 1.54) is 37.7 Å². The Balaban J connectivity index is 1.54. The number of nitrogens with zero attached hydrogens (tertiary/aromatic N) is 3. The van der Waals surface area contributed by atoms with Crippen LogP contribution < -0.4 is 5.32 Å². The third kappa shape index (κ3) is 4.38. The van der Waals surface area contributed by atoms with Gasteiger partial charge in [0.05, 0.1) is 0 Å². The molecule has 1 N–H and O–H groups in total. The van der Waals surface area contributed by atoms with Crippen LogP contribution in [0.3, 0.4) is 0 Å². The summed E-state index contributed by atoms with van der Waals surface area (Å²) in [5, 5.41) is 3.84. The molecule has 0 unspecified atom stereocenters. The van der Waals surface area contributed by atoms with Crippen molar-refractivity contribution in [1.82, 2.24) is 14.4 Å². The summed E-state index contributed by atoms with van der Waals surface area (Å²) in [6, 6.07) is 19.0. The summed E-state index contributed by atoms with van der Waals surface area (Å²) < 4.78 is 2.20. The Hall–Kier alpha value is -3.58. The maximum Gasteiger partial charge on any atom is 0.139 e. The normalized spacial score (nSPS) is 14.2.